The first kappa shape index (κ1) is 14.6. The molecule has 0 unspecified atom stereocenters. The first-order valence-electron chi connectivity index (χ1n) is 6.96. The second-order valence-electron chi connectivity index (χ2n) is 5.11. The molecule has 0 fully saturated rings. The van der Waals surface area contributed by atoms with E-state index >= 15 is 0 Å². The molecule has 0 bridgehead atoms. The normalized spacial score (nSPS) is 14.7. The molecule has 2 aromatic rings. The van der Waals surface area contributed by atoms with Crippen molar-refractivity contribution in [3.8, 4) is 0 Å². The average Bonchev–Trinajstić information content (AvgIpc) is 2.95. The molecule has 3 rings (SSSR count). The Morgan fingerprint density at radius 1 is 1.43 bits per heavy atom. The third-order valence-corrected chi connectivity index (χ3v) is 5.36. The van der Waals surface area contributed by atoms with E-state index in [9.17, 15) is 4.79 Å². The van der Waals surface area contributed by atoms with Gasteiger partial charge in [0.05, 0.1) is 6.54 Å². The minimum Gasteiger partial charge on any atom is -0.325 e. The average molecular weight is 318 g/mol. The lowest BCUT2D eigenvalue weighted by atomic mass is 10.1. The fourth-order valence-electron chi connectivity index (χ4n) is 2.55. The van der Waals surface area contributed by atoms with Gasteiger partial charge in [0.2, 0.25) is 5.91 Å². The van der Waals surface area contributed by atoms with Crippen molar-refractivity contribution in [3.63, 3.8) is 0 Å². The van der Waals surface area contributed by atoms with Crippen LogP contribution in [-0.4, -0.2) is 30.2 Å². The van der Waals surface area contributed by atoms with Gasteiger partial charge < -0.3 is 5.32 Å². The molecule has 21 heavy (non-hydrogen) atoms. The molecule has 1 amide bonds. The van der Waals surface area contributed by atoms with Crippen LogP contribution in [0.15, 0.2) is 40.6 Å². The Hall–Kier alpha value is -1.30. The van der Waals surface area contributed by atoms with E-state index in [0.717, 1.165) is 30.1 Å². The van der Waals surface area contributed by atoms with Crippen LogP contribution in [0, 0.1) is 0 Å². The summed E-state index contributed by atoms with van der Waals surface area (Å²) in [6, 6.07) is 10.1. The summed E-state index contributed by atoms with van der Waals surface area (Å²) >= 11 is 3.50. The van der Waals surface area contributed by atoms with E-state index in [1.54, 1.807) is 11.8 Å². The van der Waals surface area contributed by atoms with Gasteiger partial charge in [-0.3, -0.25) is 9.69 Å². The number of hydrogen-bond donors (Lipinski definition) is 1. The highest BCUT2D eigenvalue weighted by atomic mass is 32.2. The highest BCUT2D eigenvalue weighted by Crippen LogP contribution is 2.24. The van der Waals surface area contributed by atoms with Gasteiger partial charge in [-0.25, -0.2) is 0 Å². The van der Waals surface area contributed by atoms with Crippen molar-refractivity contribution < 1.29 is 4.79 Å². The van der Waals surface area contributed by atoms with E-state index in [2.05, 4.69) is 21.7 Å². The number of fused-ring (bicyclic) bond motifs is 1. The molecule has 1 N–H and O–H groups in total. The number of benzene rings is 1. The molecule has 0 radical (unpaired) electrons. The van der Waals surface area contributed by atoms with Gasteiger partial charge in [-0.1, -0.05) is 6.07 Å². The van der Waals surface area contributed by atoms with Crippen molar-refractivity contribution in [3.05, 3.63) is 46.2 Å². The van der Waals surface area contributed by atoms with Crippen LogP contribution in [0.2, 0.25) is 0 Å². The third-order valence-electron chi connectivity index (χ3n) is 3.61. The second-order valence-corrected chi connectivity index (χ2v) is 6.99. The summed E-state index contributed by atoms with van der Waals surface area (Å²) in [5.74, 6) is 0.0620. The first-order valence-corrected chi connectivity index (χ1v) is 9.06. The Morgan fingerprint density at radius 2 is 2.33 bits per heavy atom. The van der Waals surface area contributed by atoms with Gasteiger partial charge in [0.1, 0.15) is 0 Å². The SMILES string of the molecule is CSc1cccc(NC(=O)CN2CCc3sccc3C2)c1. The van der Waals surface area contributed by atoms with Gasteiger partial charge in [-0.15, -0.1) is 23.1 Å². The number of nitrogens with zero attached hydrogens (tertiary/aromatic N) is 1. The Bertz CT molecular complexity index is 639. The van der Waals surface area contributed by atoms with Crippen molar-refractivity contribution in [2.75, 3.05) is 24.7 Å². The number of nitrogens with one attached hydrogen (secondary N) is 1. The number of anilines is 1. The van der Waals surface area contributed by atoms with E-state index in [4.69, 9.17) is 0 Å². The van der Waals surface area contributed by atoms with Gasteiger partial charge in [0, 0.05) is 28.5 Å². The Labute approximate surface area is 133 Å². The Balaban J connectivity index is 1.57. The van der Waals surface area contributed by atoms with Crippen LogP contribution in [0.4, 0.5) is 5.69 Å². The summed E-state index contributed by atoms with van der Waals surface area (Å²) in [7, 11) is 0. The molecule has 1 aliphatic rings. The number of carbonyl (C=O) groups is 1. The third kappa shape index (κ3) is 3.67. The fourth-order valence-corrected chi connectivity index (χ4v) is 3.90. The number of thiophene rings is 1. The molecule has 1 aromatic heterocycles. The van der Waals surface area contributed by atoms with Gasteiger partial charge in [0.15, 0.2) is 0 Å². The summed E-state index contributed by atoms with van der Waals surface area (Å²) in [5, 5.41) is 5.13. The molecule has 0 atom stereocenters. The molecule has 110 valence electrons. The van der Waals surface area contributed by atoms with Crippen molar-refractivity contribution in [2.45, 2.75) is 17.9 Å². The zero-order valence-corrected chi connectivity index (χ0v) is 13.6. The standard InChI is InChI=1S/C16H18N2OS2/c1-20-14-4-2-3-13(9-14)17-16(19)11-18-7-5-15-12(10-18)6-8-21-15/h2-4,6,8-9H,5,7,10-11H2,1H3,(H,17,19). The molecule has 0 saturated heterocycles. The maximum atomic E-state index is 12.2. The predicted molar refractivity (Wildman–Crippen MR) is 90.2 cm³/mol. The Morgan fingerprint density at radius 3 is 3.19 bits per heavy atom. The van der Waals surface area contributed by atoms with Crippen LogP contribution < -0.4 is 5.32 Å². The van der Waals surface area contributed by atoms with E-state index in [1.165, 1.54) is 10.4 Å². The van der Waals surface area contributed by atoms with Crippen LogP contribution in [-0.2, 0) is 17.8 Å². The van der Waals surface area contributed by atoms with Gasteiger partial charge in [-0.2, -0.15) is 0 Å². The molecule has 1 aromatic carbocycles. The largest absolute Gasteiger partial charge is 0.325 e. The van der Waals surface area contributed by atoms with E-state index in [0.29, 0.717) is 6.54 Å². The summed E-state index contributed by atoms with van der Waals surface area (Å²) < 4.78 is 0. The summed E-state index contributed by atoms with van der Waals surface area (Å²) in [6.07, 6.45) is 3.09. The lowest BCUT2D eigenvalue weighted by molar-refractivity contribution is -0.117. The lowest BCUT2D eigenvalue weighted by Gasteiger charge is -2.26. The summed E-state index contributed by atoms with van der Waals surface area (Å²) in [4.78, 5) is 17.0. The molecule has 0 aliphatic carbocycles. The van der Waals surface area contributed by atoms with Gasteiger partial charge in [0.25, 0.3) is 0 Å². The maximum absolute atomic E-state index is 12.2. The van der Waals surface area contributed by atoms with E-state index in [1.807, 2.05) is 41.9 Å². The van der Waals surface area contributed by atoms with Crippen molar-refractivity contribution in [1.82, 2.24) is 4.90 Å². The topological polar surface area (TPSA) is 32.3 Å². The van der Waals surface area contributed by atoms with Crippen LogP contribution >= 0.6 is 23.1 Å². The van der Waals surface area contributed by atoms with Crippen LogP contribution in [0.25, 0.3) is 0 Å². The quantitative estimate of drug-likeness (QED) is 0.876. The molecule has 3 nitrogen and oxygen atoms in total. The number of carbonyl (C=O) groups excluding carboxylic acids is 1. The molecule has 1 aliphatic heterocycles. The lowest BCUT2D eigenvalue weighted by Crippen LogP contribution is -2.36. The minimum atomic E-state index is 0.0620. The fraction of sp³-hybridized carbons (Fsp3) is 0.312. The smallest absolute Gasteiger partial charge is 0.238 e. The van der Waals surface area contributed by atoms with Gasteiger partial charge >= 0.3 is 0 Å². The first-order chi connectivity index (χ1) is 10.2. The van der Waals surface area contributed by atoms with Crippen LogP contribution in [0.1, 0.15) is 10.4 Å². The summed E-state index contributed by atoms with van der Waals surface area (Å²) in [6.45, 7) is 2.31. The number of thioether (sulfide) groups is 1. The predicted octanol–water partition coefficient (Wildman–Crippen LogP) is 3.47. The van der Waals surface area contributed by atoms with E-state index in [-0.39, 0.29) is 5.91 Å². The molecule has 5 heteroatoms. The molecule has 2 heterocycles. The monoisotopic (exact) mass is 318 g/mol. The van der Waals surface area contributed by atoms with Crippen molar-refractivity contribution in [1.29, 1.82) is 0 Å². The number of hydrogen-bond acceptors (Lipinski definition) is 4. The van der Waals surface area contributed by atoms with Crippen molar-refractivity contribution >= 4 is 34.7 Å². The highest BCUT2D eigenvalue weighted by molar-refractivity contribution is 7.98. The molecular formula is C16H18N2OS2. The van der Waals surface area contributed by atoms with Crippen molar-refractivity contribution in [2.24, 2.45) is 0 Å². The zero-order valence-electron chi connectivity index (χ0n) is 12.0. The minimum absolute atomic E-state index is 0.0620. The Kier molecular flexibility index (Phi) is 4.63. The molecule has 0 saturated carbocycles. The highest BCUT2D eigenvalue weighted by Gasteiger charge is 2.19. The van der Waals surface area contributed by atoms with Gasteiger partial charge in [-0.05, 0) is 47.9 Å². The molecule has 0 spiro atoms. The summed E-state index contributed by atoms with van der Waals surface area (Å²) in [5.41, 5.74) is 2.25. The maximum Gasteiger partial charge on any atom is 0.238 e. The second kappa shape index (κ2) is 6.64. The number of rotatable bonds is 4. The number of amides is 1. The van der Waals surface area contributed by atoms with Crippen LogP contribution in [0.3, 0.4) is 0 Å². The zero-order chi connectivity index (χ0) is 14.7. The van der Waals surface area contributed by atoms with Crippen LogP contribution in [0.5, 0.6) is 0 Å². The van der Waals surface area contributed by atoms with E-state index < -0.39 is 0 Å². The molecular weight excluding hydrogens is 300 g/mol.